The van der Waals surface area contributed by atoms with Gasteiger partial charge < -0.3 is 10.1 Å². The first-order chi connectivity index (χ1) is 10.3. The van der Waals surface area contributed by atoms with Gasteiger partial charge in [0.2, 0.25) is 5.91 Å². The largest absolute Gasteiger partial charge is 0.465 e. The van der Waals surface area contributed by atoms with Gasteiger partial charge >= 0.3 is 5.97 Å². The minimum Gasteiger partial charge on any atom is -0.465 e. The third-order valence-electron chi connectivity index (χ3n) is 4.25. The van der Waals surface area contributed by atoms with Crippen molar-refractivity contribution in [1.29, 1.82) is 0 Å². The van der Waals surface area contributed by atoms with Gasteiger partial charge in [0.15, 0.2) is 0 Å². The number of alkyl halides is 1. The molecule has 22 heavy (non-hydrogen) atoms. The van der Waals surface area contributed by atoms with Crippen LogP contribution in [0.5, 0.6) is 0 Å². The molecule has 0 spiro atoms. The number of carbonyl (C=O) groups excluding carboxylic acids is 2. The Balaban J connectivity index is 2.39. The molecular formula is C16H22ClNO3S. The van der Waals surface area contributed by atoms with Gasteiger partial charge in [-0.05, 0) is 36.2 Å². The molecule has 0 fully saturated rings. The van der Waals surface area contributed by atoms with E-state index in [1.165, 1.54) is 23.3 Å². The highest BCUT2D eigenvalue weighted by Gasteiger charge is 2.34. The smallest absolute Gasteiger partial charge is 0.341 e. The Bertz CT molecular complexity index is 589. The predicted octanol–water partition coefficient (Wildman–Crippen LogP) is 3.86. The molecule has 1 atom stereocenters. The van der Waals surface area contributed by atoms with Crippen LogP contribution >= 0.6 is 22.9 Å². The first-order valence-electron chi connectivity index (χ1n) is 7.36. The van der Waals surface area contributed by atoms with Crippen molar-refractivity contribution in [1.82, 2.24) is 0 Å². The summed E-state index contributed by atoms with van der Waals surface area (Å²) in [5, 5.41) is 3.30. The Hall–Kier alpha value is -1.07. The van der Waals surface area contributed by atoms with Crippen LogP contribution in [0.4, 0.5) is 5.00 Å². The lowest BCUT2D eigenvalue weighted by molar-refractivity contribution is -0.113. The SMILES string of the molecule is COC(=O)c1c(NC(=O)CCl)sc2c1CCC(C(C)(C)C)C2. The lowest BCUT2D eigenvalue weighted by Gasteiger charge is -2.33. The summed E-state index contributed by atoms with van der Waals surface area (Å²) in [6, 6.07) is 0. The number of ether oxygens (including phenoxy) is 1. The zero-order valence-electron chi connectivity index (χ0n) is 13.4. The number of fused-ring (bicyclic) bond motifs is 1. The van der Waals surface area contributed by atoms with Gasteiger partial charge in [-0.1, -0.05) is 20.8 Å². The second-order valence-electron chi connectivity index (χ2n) is 6.69. The number of amides is 1. The molecule has 1 N–H and O–H groups in total. The first kappa shape index (κ1) is 17.3. The van der Waals surface area contributed by atoms with Gasteiger partial charge in [0.25, 0.3) is 0 Å². The van der Waals surface area contributed by atoms with Crippen LogP contribution in [0.15, 0.2) is 0 Å². The summed E-state index contributed by atoms with van der Waals surface area (Å²) in [6.45, 7) is 6.73. The molecular weight excluding hydrogens is 322 g/mol. The minimum atomic E-state index is -0.392. The van der Waals surface area contributed by atoms with Crippen molar-refractivity contribution in [3.8, 4) is 0 Å². The fourth-order valence-corrected chi connectivity index (χ4v) is 4.29. The summed E-state index contributed by atoms with van der Waals surface area (Å²) in [7, 11) is 1.36. The zero-order chi connectivity index (χ0) is 16.5. The quantitative estimate of drug-likeness (QED) is 0.669. The molecule has 1 aromatic rings. The van der Waals surface area contributed by atoms with Gasteiger partial charge in [0.1, 0.15) is 10.9 Å². The number of carbonyl (C=O) groups is 2. The maximum absolute atomic E-state index is 12.1. The summed E-state index contributed by atoms with van der Waals surface area (Å²) in [5.41, 5.74) is 1.77. The number of rotatable bonds is 3. The fourth-order valence-electron chi connectivity index (χ4n) is 2.89. The van der Waals surface area contributed by atoms with Crippen LogP contribution in [0, 0.1) is 11.3 Å². The number of anilines is 1. The second-order valence-corrected chi connectivity index (χ2v) is 8.06. The van der Waals surface area contributed by atoms with E-state index in [-0.39, 0.29) is 17.2 Å². The maximum atomic E-state index is 12.1. The van der Waals surface area contributed by atoms with Crippen LogP contribution in [-0.2, 0) is 22.4 Å². The van der Waals surface area contributed by atoms with Crippen LogP contribution in [0.25, 0.3) is 0 Å². The highest BCUT2D eigenvalue weighted by molar-refractivity contribution is 7.17. The van der Waals surface area contributed by atoms with Crippen molar-refractivity contribution >= 4 is 39.8 Å². The Morgan fingerprint density at radius 2 is 2.09 bits per heavy atom. The van der Waals surface area contributed by atoms with Crippen molar-refractivity contribution in [2.24, 2.45) is 11.3 Å². The highest BCUT2D eigenvalue weighted by Crippen LogP contribution is 2.44. The van der Waals surface area contributed by atoms with Crippen LogP contribution in [0.1, 0.15) is 48.0 Å². The average molecular weight is 344 g/mol. The van der Waals surface area contributed by atoms with Gasteiger partial charge in [-0.2, -0.15) is 0 Å². The number of methoxy groups -OCH3 is 1. The molecule has 0 radical (unpaired) electrons. The van der Waals surface area contributed by atoms with E-state index >= 15 is 0 Å². The predicted molar refractivity (Wildman–Crippen MR) is 90.0 cm³/mol. The van der Waals surface area contributed by atoms with Crippen molar-refractivity contribution in [3.05, 3.63) is 16.0 Å². The Kier molecular flexibility index (Phi) is 5.17. The van der Waals surface area contributed by atoms with Gasteiger partial charge in [0, 0.05) is 4.88 Å². The molecule has 0 aromatic carbocycles. The normalized spacial score (nSPS) is 17.8. The van der Waals surface area contributed by atoms with E-state index < -0.39 is 5.97 Å². The Labute approximate surface area is 140 Å². The molecule has 122 valence electrons. The van der Waals surface area contributed by atoms with E-state index in [0.29, 0.717) is 16.5 Å². The number of esters is 1. The highest BCUT2D eigenvalue weighted by atomic mass is 35.5. The molecule has 0 saturated carbocycles. The molecule has 0 aliphatic heterocycles. The lowest BCUT2D eigenvalue weighted by atomic mass is 9.72. The molecule has 6 heteroatoms. The van der Waals surface area contributed by atoms with Gasteiger partial charge in [-0.25, -0.2) is 4.79 Å². The number of hydrogen-bond donors (Lipinski definition) is 1. The van der Waals surface area contributed by atoms with Gasteiger partial charge in [-0.3, -0.25) is 4.79 Å². The molecule has 1 heterocycles. The standard InChI is InChI=1S/C16H22ClNO3S/c1-16(2,3)9-5-6-10-11(7-9)22-14(18-12(19)8-17)13(10)15(20)21-4/h9H,5-8H2,1-4H3,(H,18,19). The van der Waals surface area contributed by atoms with Crippen molar-refractivity contribution in [3.63, 3.8) is 0 Å². The molecule has 1 aromatic heterocycles. The number of nitrogens with one attached hydrogen (secondary N) is 1. The number of halogens is 1. The van der Waals surface area contributed by atoms with Gasteiger partial charge in [0.05, 0.1) is 12.7 Å². The molecule has 0 saturated heterocycles. The zero-order valence-corrected chi connectivity index (χ0v) is 15.0. The van der Waals surface area contributed by atoms with Crippen LogP contribution < -0.4 is 5.32 Å². The monoisotopic (exact) mass is 343 g/mol. The van der Waals surface area contributed by atoms with Crippen molar-refractivity contribution < 1.29 is 14.3 Å². The van der Waals surface area contributed by atoms with E-state index in [1.807, 2.05) is 0 Å². The Morgan fingerprint density at radius 3 is 2.64 bits per heavy atom. The van der Waals surface area contributed by atoms with E-state index in [0.717, 1.165) is 24.8 Å². The number of hydrogen-bond acceptors (Lipinski definition) is 4. The molecule has 1 aliphatic carbocycles. The second kappa shape index (κ2) is 6.59. The summed E-state index contributed by atoms with van der Waals surface area (Å²) in [6.07, 6.45) is 2.82. The molecule has 1 amide bonds. The summed E-state index contributed by atoms with van der Waals surface area (Å²) < 4.78 is 4.89. The molecule has 1 aliphatic rings. The third kappa shape index (κ3) is 3.46. The fraction of sp³-hybridized carbons (Fsp3) is 0.625. The molecule has 4 nitrogen and oxygen atoms in total. The minimum absolute atomic E-state index is 0.131. The van der Waals surface area contributed by atoms with Crippen molar-refractivity contribution in [2.45, 2.75) is 40.0 Å². The van der Waals surface area contributed by atoms with Crippen LogP contribution in [-0.4, -0.2) is 24.9 Å². The third-order valence-corrected chi connectivity index (χ3v) is 5.67. The summed E-state index contributed by atoms with van der Waals surface area (Å²) in [5.74, 6) is -0.261. The van der Waals surface area contributed by atoms with E-state index in [4.69, 9.17) is 16.3 Å². The van der Waals surface area contributed by atoms with E-state index in [2.05, 4.69) is 26.1 Å². The molecule has 0 bridgehead atoms. The van der Waals surface area contributed by atoms with Gasteiger partial charge in [-0.15, -0.1) is 22.9 Å². The lowest BCUT2D eigenvalue weighted by Crippen LogP contribution is -2.26. The first-order valence-corrected chi connectivity index (χ1v) is 8.71. The Morgan fingerprint density at radius 1 is 1.41 bits per heavy atom. The van der Waals surface area contributed by atoms with E-state index in [9.17, 15) is 9.59 Å². The molecule has 1 unspecified atom stereocenters. The average Bonchev–Trinajstić information content (AvgIpc) is 2.82. The van der Waals surface area contributed by atoms with Crippen LogP contribution in [0.2, 0.25) is 0 Å². The summed E-state index contributed by atoms with van der Waals surface area (Å²) in [4.78, 5) is 24.9. The summed E-state index contributed by atoms with van der Waals surface area (Å²) >= 11 is 7.03. The van der Waals surface area contributed by atoms with E-state index in [1.54, 1.807) is 0 Å². The topological polar surface area (TPSA) is 55.4 Å². The van der Waals surface area contributed by atoms with Crippen LogP contribution in [0.3, 0.4) is 0 Å². The molecule has 2 rings (SSSR count). The number of thiophene rings is 1. The maximum Gasteiger partial charge on any atom is 0.341 e. The van der Waals surface area contributed by atoms with Crippen molar-refractivity contribution in [2.75, 3.05) is 18.3 Å².